The topological polar surface area (TPSA) is 98.1 Å². The number of aromatic nitrogens is 1. The number of carbonyl (C=O) groups excluding carboxylic acids is 1. The fourth-order valence-electron chi connectivity index (χ4n) is 4.29. The molecule has 1 aliphatic rings. The summed E-state index contributed by atoms with van der Waals surface area (Å²) in [5.74, 6) is 0.978. The van der Waals surface area contributed by atoms with Crippen molar-refractivity contribution in [3.05, 3.63) is 71.2 Å². The van der Waals surface area contributed by atoms with Gasteiger partial charge in [0, 0.05) is 30.4 Å². The van der Waals surface area contributed by atoms with E-state index in [1.54, 1.807) is 56.3 Å². The number of benzene rings is 2. The summed E-state index contributed by atoms with van der Waals surface area (Å²) in [5, 5.41) is 20.7. The van der Waals surface area contributed by atoms with E-state index in [9.17, 15) is 19.4 Å². The van der Waals surface area contributed by atoms with Crippen LogP contribution < -0.4 is 14.2 Å². The number of hydrogen-bond donors (Lipinski definition) is 2. The highest BCUT2D eigenvalue weighted by atomic mass is 19.1. The van der Waals surface area contributed by atoms with Crippen LogP contribution in [0, 0.1) is 12.7 Å². The van der Waals surface area contributed by atoms with Crippen molar-refractivity contribution in [3.63, 3.8) is 0 Å². The third-order valence-corrected chi connectivity index (χ3v) is 6.75. The van der Waals surface area contributed by atoms with Crippen molar-refractivity contribution < 1.29 is 33.6 Å². The molecule has 0 aliphatic heterocycles. The summed E-state index contributed by atoms with van der Waals surface area (Å²) in [5.41, 5.74) is 1.04. The van der Waals surface area contributed by atoms with E-state index in [2.05, 4.69) is 4.98 Å². The number of pyridine rings is 1. The second-order valence-corrected chi connectivity index (χ2v) is 9.64. The van der Waals surface area contributed by atoms with Gasteiger partial charge in [0.05, 0.1) is 26.0 Å². The maximum Gasteiger partial charge on any atom is 0.163 e. The Morgan fingerprint density at radius 2 is 1.76 bits per heavy atom. The van der Waals surface area contributed by atoms with Crippen LogP contribution in [-0.4, -0.2) is 47.4 Å². The van der Waals surface area contributed by atoms with Gasteiger partial charge < -0.3 is 24.4 Å². The van der Waals surface area contributed by atoms with Crippen LogP contribution in [0.25, 0.3) is 11.3 Å². The molecule has 1 aliphatic carbocycles. The van der Waals surface area contributed by atoms with Crippen LogP contribution in [0.1, 0.15) is 54.2 Å². The van der Waals surface area contributed by atoms with Crippen LogP contribution in [0.4, 0.5) is 4.39 Å². The Hall–Kier alpha value is -3.49. The van der Waals surface area contributed by atoms with Crippen molar-refractivity contribution in [1.82, 2.24) is 4.98 Å². The number of aliphatic hydroxyl groups is 2. The molecular weight excluding hydrogens is 477 g/mol. The number of aryl methyl sites for hydroxylation is 1. The monoisotopic (exact) mass is 509 g/mol. The number of Topliss-reactive ketones (excluding diaryl/α,β-unsaturated/α-hetero) is 1. The minimum absolute atomic E-state index is 0.0683. The zero-order valence-corrected chi connectivity index (χ0v) is 21.5. The van der Waals surface area contributed by atoms with Gasteiger partial charge in [-0.05, 0) is 74.4 Å². The predicted octanol–water partition coefficient (Wildman–Crippen LogP) is 4.99. The van der Waals surface area contributed by atoms with Gasteiger partial charge in [0.2, 0.25) is 0 Å². The van der Waals surface area contributed by atoms with Gasteiger partial charge in [-0.15, -0.1) is 0 Å². The summed E-state index contributed by atoms with van der Waals surface area (Å²) in [6.07, 6.45) is 0.945. The molecule has 1 aromatic heterocycles. The van der Waals surface area contributed by atoms with Crippen molar-refractivity contribution in [2.75, 3.05) is 14.2 Å². The van der Waals surface area contributed by atoms with Crippen molar-refractivity contribution in [2.24, 2.45) is 0 Å². The number of rotatable bonds is 10. The molecule has 8 heteroatoms. The Morgan fingerprint density at radius 1 is 1.05 bits per heavy atom. The van der Waals surface area contributed by atoms with Gasteiger partial charge >= 0.3 is 0 Å². The maximum absolute atomic E-state index is 13.8. The average molecular weight is 510 g/mol. The largest absolute Gasteiger partial charge is 0.494 e. The molecular formula is C29H32FNO6. The van der Waals surface area contributed by atoms with E-state index in [0.29, 0.717) is 58.2 Å². The lowest BCUT2D eigenvalue weighted by molar-refractivity contribution is -0.0118. The third kappa shape index (κ3) is 5.92. The Kier molecular flexibility index (Phi) is 7.80. The summed E-state index contributed by atoms with van der Waals surface area (Å²) in [6.45, 7) is 3.28. The minimum Gasteiger partial charge on any atom is -0.494 e. The van der Waals surface area contributed by atoms with E-state index < -0.39 is 5.60 Å². The van der Waals surface area contributed by atoms with Crippen molar-refractivity contribution in [3.8, 4) is 28.5 Å². The summed E-state index contributed by atoms with van der Waals surface area (Å²) in [7, 11) is 3.03. The Labute approximate surface area is 215 Å². The van der Waals surface area contributed by atoms with Crippen LogP contribution in [0.3, 0.4) is 0 Å². The van der Waals surface area contributed by atoms with E-state index in [0.717, 1.165) is 0 Å². The normalized spacial score (nSPS) is 18.5. The van der Waals surface area contributed by atoms with Gasteiger partial charge in [0.1, 0.15) is 29.0 Å². The molecule has 7 nitrogen and oxygen atoms in total. The fourth-order valence-corrected chi connectivity index (χ4v) is 4.29. The lowest BCUT2D eigenvalue weighted by atomic mass is 9.91. The first kappa shape index (κ1) is 26.6. The molecule has 3 aromatic rings. The third-order valence-electron chi connectivity index (χ3n) is 6.75. The van der Waals surface area contributed by atoms with E-state index in [1.165, 1.54) is 20.3 Å². The molecule has 196 valence electrons. The molecule has 0 radical (unpaired) electrons. The number of nitrogens with zero attached hydrogens (tertiary/aromatic N) is 1. The fraction of sp³-hybridized carbons (Fsp3) is 0.379. The number of halogens is 1. The molecule has 1 heterocycles. The zero-order valence-electron chi connectivity index (χ0n) is 21.5. The first-order chi connectivity index (χ1) is 17.6. The Balaban J connectivity index is 1.49. The lowest BCUT2D eigenvalue weighted by Crippen LogP contribution is -2.37. The summed E-state index contributed by atoms with van der Waals surface area (Å²) >= 11 is 0. The van der Waals surface area contributed by atoms with Crippen LogP contribution in [0.5, 0.6) is 17.2 Å². The number of aliphatic hydroxyl groups excluding tert-OH is 1. The number of ether oxygens (including phenoxy) is 3. The molecule has 1 fully saturated rings. The number of ketones is 1. The van der Waals surface area contributed by atoms with Gasteiger partial charge in [0.15, 0.2) is 17.3 Å². The van der Waals surface area contributed by atoms with Gasteiger partial charge in [-0.25, -0.2) is 9.37 Å². The first-order valence-electron chi connectivity index (χ1n) is 12.2. The molecule has 2 N–H and O–H groups in total. The average Bonchev–Trinajstić information content (AvgIpc) is 2.87. The molecule has 0 saturated heterocycles. The molecule has 2 aromatic carbocycles. The highest BCUT2D eigenvalue weighted by Gasteiger charge is 2.30. The van der Waals surface area contributed by atoms with Crippen LogP contribution in [-0.2, 0) is 5.60 Å². The van der Waals surface area contributed by atoms with Gasteiger partial charge in [-0.3, -0.25) is 4.79 Å². The molecule has 4 rings (SSSR count). The zero-order chi connectivity index (χ0) is 26.7. The van der Waals surface area contributed by atoms with Crippen molar-refractivity contribution >= 4 is 5.78 Å². The number of hydrogen-bond acceptors (Lipinski definition) is 7. The van der Waals surface area contributed by atoms with Crippen LogP contribution in [0.2, 0.25) is 0 Å². The van der Waals surface area contributed by atoms with Crippen molar-refractivity contribution in [2.45, 2.75) is 57.3 Å². The van der Waals surface area contributed by atoms with Gasteiger partial charge in [-0.2, -0.15) is 0 Å². The van der Waals surface area contributed by atoms with Crippen LogP contribution in [0.15, 0.2) is 48.5 Å². The second kappa shape index (κ2) is 10.9. The quantitative estimate of drug-likeness (QED) is 0.372. The molecule has 0 spiro atoms. The Morgan fingerprint density at radius 3 is 2.41 bits per heavy atom. The summed E-state index contributed by atoms with van der Waals surface area (Å²) < 4.78 is 30.5. The number of carbonyl (C=O) groups is 1. The van der Waals surface area contributed by atoms with Crippen LogP contribution >= 0.6 is 0 Å². The maximum atomic E-state index is 13.8. The van der Waals surface area contributed by atoms with E-state index in [1.807, 2.05) is 0 Å². The SMILES string of the molecule is COc1cc(C(=O)CC[C@@](C)(O)c2ccc(OC)c(-c3ccc(F)c(C)c3)n2)ccc1OC1CC(O)C1. The minimum atomic E-state index is -1.40. The summed E-state index contributed by atoms with van der Waals surface area (Å²) in [4.78, 5) is 17.6. The molecule has 0 unspecified atom stereocenters. The lowest BCUT2D eigenvalue weighted by Gasteiger charge is -2.32. The van der Waals surface area contributed by atoms with Gasteiger partial charge in [0.25, 0.3) is 0 Å². The summed E-state index contributed by atoms with van der Waals surface area (Å²) in [6, 6.07) is 13.0. The molecule has 1 saturated carbocycles. The number of methoxy groups -OCH3 is 2. The standard InChI is InChI=1S/C29H32FNO6/c1-17-13-19(5-7-22(17)30)28-25(35-3)9-10-27(31-28)29(2,34)12-11-23(33)18-6-8-24(26(14-18)36-4)37-21-15-20(32)16-21/h5-10,13-14,20-21,32,34H,11-12,15-16H2,1-4H3/t20?,21?,29-/m1/s1. The second-order valence-electron chi connectivity index (χ2n) is 9.64. The highest BCUT2D eigenvalue weighted by Crippen LogP contribution is 2.36. The van der Waals surface area contributed by atoms with E-state index in [-0.39, 0.29) is 36.7 Å². The Bertz CT molecular complexity index is 1290. The molecule has 0 amide bonds. The molecule has 37 heavy (non-hydrogen) atoms. The van der Waals surface area contributed by atoms with E-state index in [4.69, 9.17) is 14.2 Å². The highest BCUT2D eigenvalue weighted by molar-refractivity contribution is 5.96. The first-order valence-corrected chi connectivity index (χ1v) is 12.2. The van der Waals surface area contributed by atoms with E-state index >= 15 is 0 Å². The molecule has 1 atom stereocenters. The predicted molar refractivity (Wildman–Crippen MR) is 137 cm³/mol. The van der Waals surface area contributed by atoms with Crippen molar-refractivity contribution in [1.29, 1.82) is 0 Å². The molecule has 0 bridgehead atoms. The smallest absolute Gasteiger partial charge is 0.163 e. The van der Waals surface area contributed by atoms with Gasteiger partial charge in [-0.1, -0.05) is 0 Å².